The smallest absolute Gasteiger partial charge is 0.267 e. The zero-order chi connectivity index (χ0) is 22.0. The number of amides is 1. The summed E-state index contributed by atoms with van der Waals surface area (Å²) in [5.41, 5.74) is 1.83. The van der Waals surface area contributed by atoms with E-state index in [1.807, 2.05) is 18.2 Å². The molecule has 1 aromatic carbocycles. The van der Waals surface area contributed by atoms with Gasteiger partial charge in [0, 0.05) is 25.6 Å². The molecule has 31 heavy (non-hydrogen) atoms. The summed E-state index contributed by atoms with van der Waals surface area (Å²) in [6.45, 7) is 0.273. The molecule has 3 aromatic heterocycles. The van der Waals surface area contributed by atoms with Gasteiger partial charge in [0.25, 0.3) is 5.91 Å². The van der Waals surface area contributed by atoms with Crippen LogP contribution in [0.4, 0.5) is 5.13 Å². The Morgan fingerprint density at radius 3 is 2.58 bits per heavy atom. The van der Waals surface area contributed by atoms with Crippen molar-refractivity contribution in [1.29, 1.82) is 0 Å². The number of pyridine rings is 1. The number of fused-ring (bicyclic) bond motifs is 1. The van der Waals surface area contributed by atoms with Crippen molar-refractivity contribution in [2.24, 2.45) is 7.05 Å². The first-order chi connectivity index (χ1) is 15.0. The molecule has 3 heterocycles. The van der Waals surface area contributed by atoms with Crippen molar-refractivity contribution in [1.82, 2.24) is 19.7 Å². The fourth-order valence-corrected chi connectivity index (χ4v) is 4.27. The van der Waals surface area contributed by atoms with Gasteiger partial charge in [-0.05, 0) is 23.8 Å². The number of aryl methyl sites for hydroxylation is 1. The molecule has 0 radical (unpaired) electrons. The van der Waals surface area contributed by atoms with E-state index < -0.39 is 0 Å². The van der Waals surface area contributed by atoms with Crippen molar-refractivity contribution in [3.05, 3.63) is 54.0 Å². The molecule has 0 bridgehead atoms. The van der Waals surface area contributed by atoms with Gasteiger partial charge in [-0.2, -0.15) is 0 Å². The SMILES string of the molecule is COc1nn(C)cc1C(=O)N(Cc1cccnc1)c1nc2c(OC)ccc(OC)c2s1. The maximum Gasteiger partial charge on any atom is 0.267 e. The lowest BCUT2D eigenvalue weighted by atomic mass is 10.2. The van der Waals surface area contributed by atoms with E-state index in [0.29, 0.717) is 27.7 Å². The highest BCUT2D eigenvalue weighted by atomic mass is 32.1. The Hall–Kier alpha value is -3.66. The fourth-order valence-electron chi connectivity index (χ4n) is 3.20. The number of carbonyl (C=O) groups excluding carboxylic acids is 1. The zero-order valence-electron chi connectivity index (χ0n) is 17.5. The molecule has 160 valence electrons. The van der Waals surface area contributed by atoms with Gasteiger partial charge in [-0.1, -0.05) is 17.4 Å². The topological polar surface area (TPSA) is 91.6 Å². The third-order valence-corrected chi connectivity index (χ3v) is 5.75. The van der Waals surface area contributed by atoms with E-state index in [4.69, 9.17) is 19.2 Å². The summed E-state index contributed by atoms with van der Waals surface area (Å²) in [5.74, 6) is 1.23. The maximum atomic E-state index is 13.6. The summed E-state index contributed by atoms with van der Waals surface area (Å²) in [4.78, 5) is 24.1. The van der Waals surface area contributed by atoms with Crippen LogP contribution in [0.15, 0.2) is 42.9 Å². The number of thiazole rings is 1. The normalized spacial score (nSPS) is 10.8. The van der Waals surface area contributed by atoms with Crippen LogP contribution in [0.1, 0.15) is 15.9 Å². The van der Waals surface area contributed by atoms with Crippen molar-refractivity contribution < 1.29 is 19.0 Å². The van der Waals surface area contributed by atoms with E-state index >= 15 is 0 Å². The average molecular weight is 439 g/mol. The lowest BCUT2D eigenvalue weighted by molar-refractivity contribution is 0.0982. The van der Waals surface area contributed by atoms with E-state index in [-0.39, 0.29) is 18.3 Å². The Morgan fingerprint density at radius 1 is 1.13 bits per heavy atom. The second-order valence-corrected chi connectivity index (χ2v) is 7.60. The number of rotatable bonds is 7. The van der Waals surface area contributed by atoms with Crippen LogP contribution in [-0.2, 0) is 13.6 Å². The summed E-state index contributed by atoms with van der Waals surface area (Å²) >= 11 is 1.35. The molecule has 9 nitrogen and oxygen atoms in total. The third-order valence-electron chi connectivity index (χ3n) is 4.66. The molecule has 0 aliphatic heterocycles. The van der Waals surface area contributed by atoms with Gasteiger partial charge in [0.15, 0.2) is 5.13 Å². The second kappa shape index (κ2) is 8.60. The molecule has 0 aliphatic rings. The van der Waals surface area contributed by atoms with Crippen LogP contribution in [0, 0.1) is 0 Å². The lowest BCUT2D eigenvalue weighted by Gasteiger charge is -2.19. The van der Waals surface area contributed by atoms with Gasteiger partial charge >= 0.3 is 0 Å². The van der Waals surface area contributed by atoms with Gasteiger partial charge in [-0.25, -0.2) is 4.98 Å². The molecule has 0 N–H and O–H groups in total. The first kappa shape index (κ1) is 20.6. The van der Waals surface area contributed by atoms with Crippen molar-refractivity contribution in [2.45, 2.75) is 6.54 Å². The summed E-state index contributed by atoms with van der Waals surface area (Å²) < 4.78 is 18.6. The molecule has 0 spiro atoms. The Kier molecular flexibility index (Phi) is 5.72. The number of anilines is 1. The minimum Gasteiger partial charge on any atom is -0.495 e. The van der Waals surface area contributed by atoms with Gasteiger partial charge in [-0.15, -0.1) is 5.10 Å². The average Bonchev–Trinajstić information content (AvgIpc) is 3.40. The van der Waals surface area contributed by atoms with Crippen molar-refractivity contribution >= 4 is 32.6 Å². The summed E-state index contributed by atoms with van der Waals surface area (Å²) in [6.07, 6.45) is 5.04. The first-order valence-corrected chi connectivity index (χ1v) is 10.2. The maximum absolute atomic E-state index is 13.6. The molecule has 0 atom stereocenters. The molecule has 0 aliphatic carbocycles. The quantitative estimate of drug-likeness (QED) is 0.436. The molecule has 0 saturated heterocycles. The van der Waals surface area contributed by atoms with Gasteiger partial charge in [0.2, 0.25) is 5.88 Å². The molecule has 0 unspecified atom stereocenters. The van der Waals surface area contributed by atoms with Crippen LogP contribution in [0.2, 0.25) is 0 Å². The van der Waals surface area contributed by atoms with Crippen molar-refractivity contribution in [2.75, 3.05) is 26.2 Å². The van der Waals surface area contributed by atoms with Crippen LogP contribution < -0.4 is 19.1 Å². The molecule has 10 heteroatoms. The number of hydrogen-bond acceptors (Lipinski definition) is 8. The van der Waals surface area contributed by atoms with Gasteiger partial charge in [0.1, 0.15) is 27.3 Å². The predicted octanol–water partition coefficient (Wildman–Crippen LogP) is 3.30. The molecular weight excluding hydrogens is 418 g/mol. The number of methoxy groups -OCH3 is 3. The van der Waals surface area contributed by atoms with Crippen molar-refractivity contribution in [3.8, 4) is 17.4 Å². The number of ether oxygens (including phenoxy) is 3. The fraction of sp³-hybridized carbons (Fsp3) is 0.238. The van der Waals surface area contributed by atoms with Crippen molar-refractivity contribution in [3.63, 3.8) is 0 Å². The van der Waals surface area contributed by atoms with Crippen LogP contribution in [-0.4, -0.2) is 47.0 Å². The van der Waals surface area contributed by atoms with Crippen LogP contribution >= 0.6 is 11.3 Å². The Morgan fingerprint density at radius 2 is 1.90 bits per heavy atom. The first-order valence-electron chi connectivity index (χ1n) is 9.35. The van der Waals surface area contributed by atoms with E-state index in [1.165, 1.54) is 18.4 Å². The van der Waals surface area contributed by atoms with Gasteiger partial charge in [0.05, 0.1) is 27.9 Å². The Labute approximate surface area is 182 Å². The number of nitrogens with zero attached hydrogens (tertiary/aromatic N) is 5. The number of hydrogen-bond donors (Lipinski definition) is 0. The summed E-state index contributed by atoms with van der Waals surface area (Å²) in [7, 11) is 6.40. The zero-order valence-corrected chi connectivity index (χ0v) is 18.3. The van der Waals surface area contributed by atoms with Crippen LogP contribution in [0.5, 0.6) is 17.4 Å². The Bertz CT molecular complexity index is 1180. The number of benzene rings is 1. The Balaban J connectivity index is 1.85. The van der Waals surface area contributed by atoms with Gasteiger partial charge in [-0.3, -0.25) is 19.4 Å². The standard InChI is InChI=1S/C21H21N5O4S/c1-25-12-14(19(24-25)30-4)20(27)26(11-13-6-5-9-22-10-13)21-23-17-15(28-2)7-8-16(29-3)18(17)31-21/h5-10,12H,11H2,1-4H3. The number of aromatic nitrogens is 4. The van der Waals surface area contributed by atoms with Crippen LogP contribution in [0.3, 0.4) is 0 Å². The molecule has 0 saturated carbocycles. The summed E-state index contributed by atoms with van der Waals surface area (Å²) in [6, 6.07) is 7.35. The number of carbonyl (C=O) groups is 1. The largest absolute Gasteiger partial charge is 0.495 e. The molecular formula is C21H21N5O4S. The molecule has 4 aromatic rings. The van der Waals surface area contributed by atoms with E-state index in [9.17, 15) is 4.79 Å². The molecule has 4 rings (SSSR count). The van der Waals surface area contributed by atoms with Crippen LogP contribution in [0.25, 0.3) is 10.2 Å². The second-order valence-electron chi connectivity index (χ2n) is 6.62. The highest BCUT2D eigenvalue weighted by Gasteiger charge is 2.27. The van der Waals surface area contributed by atoms with Gasteiger partial charge < -0.3 is 14.2 Å². The van der Waals surface area contributed by atoms with E-state index in [0.717, 1.165) is 10.3 Å². The summed E-state index contributed by atoms with van der Waals surface area (Å²) in [5, 5.41) is 4.71. The lowest BCUT2D eigenvalue weighted by Crippen LogP contribution is -2.30. The molecule has 1 amide bonds. The monoisotopic (exact) mass is 439 g/mol. The minimum atomic E-state index is -0.286. The highest BCUT2D eigenvalue weighted by molar-refractivity contribution is 7.22. The highest BCUT2D eigenvalue weighted by Crippen LogP contribution is 2.41. The third kappa shape index (κ3) is 3.89. The van der Waals surface area contributed by atoms with E-state index in [2.05, 4.69) is 10.1 Å². The van der Waals surface area contributed by atoms with E-state index in [1.54, 1.807) is 55.5 Å². The molecule has 0 fully saturated rings. The minimum absolute atomic E-state index is 0.250. The predicted molar refractivity (Wildman–Crippen MR) is 117 cm³/mol.